The quantitative estimate of drug-likeness (QED) is 0.0114. The fourth-order valence-corrected chi connectivity index (χ4v) is 12.2. The van der Waals surface area contributed by atoms with Crippen LogP contribution in [0.2, 0.25) is 5.02 Å². The van der Waals surface area contributed by atoms with Crippen molar-refractivity contribution in [1.82, 2.24) is 0 Å². The molecule has 1 aliphatic rings. The van der Waals surface area contributed by atoms with E-state index in [-0.39, 0.29) is 127 Å². The highest BCUT2D eigenvalue weighted by atomic mass is 35.5. The molecule has 24 heteroatoms. The number of carbonyl (C=O) groups excluding carboxylic acids is 14. The largest absolute Gasteiger partial charge is 0.325 e. The molecule has 0 aliphatic heterocycles. The van der Waals surface area contributed by atoms with Crippen molar-refractivity contribution in [3.05, 3.63) is 280 Å². The first-order valence-electron chi connectivity index (χ1n) is 41.7. The lowest BCUT2D eigenvalue weighted by Crippen LogP contribution is -2.26. The van der Waals surface area contributed by atoms with Gasteiger partial charge in [-0.05, 0) is 288 Å². The van der Waals surface area contributed by atoms with Gasteiger partial charge in [0.2, 0.25) is 41.4 Å². The van der Waals surface area contributed by atoms with Crippen LogP contribution in [0.1, 0.15) is 209 Å². The second-order valence-electron chi connectivity index (χ2n) is 33.2. The van der Waals surface area contributed by atoms with Crippen molar-refractivity contribution in [3.63, 3.8) is 0 Å². The minimum absolute atomic E-state index is 0.00121. The number of Topliss-reactive ketones (excluding diaryl/α,β-unsaturated/α-hetero) is 5. The number of nitrogens with one attached hydrogen (secondary N) is 8. The monoisotopic (exact) mass is 1740 g/mol. The van der Waals surface area contributed by atoms with E-state index < -0.39 is 5.41 Å². The van der Waals surface area contributed by atoms with Crippen LogP contribution in [-0.4, -0.2) is 89.0 Å². The van der Waals surface area contributed by atoms with Crippen LogP contribution in [0.4, 0.5) is 45.5 Å². The molecular weight excluding hydrogens is 1620 g/mol. The second kappa shape index (κ2) is 51.1. The summed E-state index contributed by atoms with van der Waals surface area (Å²) < 4.78 is 0. The Labute approximate surface area is 752 Å². The summed E-state index contributed by atoms with van der Waals surface area (Å²) in [6.45, 7) is 47.6. The molecule has 1 aliphatic carbocycles. The molecule has 0 unspecified atom stereocenters. The summed E-state index contributed by atoms with van der Waals surface area (Å²) >= 11 is 5.94. The first-order valence-corrected chi connectivity index (χ1v) is 42.0. The molecule has 0 bridgehead atoms. The van der Waals surface area contributed by atoms with Gasteiger partial charge in [-0.15, -0.1) is 0 Å². The lowest BCUT2D eigenvalue weighted by atomic mass is 9.89. The zero-order valence-electron chi connectivity index (χ0n) is 77.3. The number of ketones is 5. The number of nitrogens with zero attached hydrogens (tertiary/aromatic N) is 1. The smallest absolute Gasteiger partial charge is 0.304 e. The van der Waals surface area contributed by atoms with E-state index in [1.165, 1.54) is 13.8 Å². The summed E-state index contributed by atoms with van der Waals surface area (Å²) in [4.78, 5) is 165. The van der Waals surface area contributed by atoms with E-state index in [1.54, 1.807) is 36.4 Å². The number of hydrogen-bond acceptors (Lipinski definition) is 14. The Balaban J connectivity index is 0.000000313. The molecular formula is C103H122ClN9O14. The van der Waals surface area contributed by atoms with Crippen LogP contribution in [0.3, 0.4) is 0 Å². The number of aryl methyl sites for hydroxylation is 16. The molecule has 1 fully saturated rings. The molecule has 0 heterocycles. The number of benzene rings is 9. The summed E-state index contributed by atoms with van der Waals surface area (Å²) in [6, 6.07) is 50.7. The average Bonchev–Trinajstić information content (AvgIpc) is 1.64. The van der Waals surface area contributed by atoms with Crippen molar-refractivity contribution in [3.8, 4) is 0 Å². The summed E-state index contributed by atoms with van der Waals surface area (Å²) in [5, 5.41) is 22.8. The molecule has 127 heavy (non-hydrogen) atoms. The summed E-state index contributed by atoms with van der Waals surface area (Å²) in [6.07, 6.45) is 2.78. The Hall–Kier alpha value is -13.5. The van der Waals surface area contributed by atoms with Gasteiger partial charge in [0.05, 0.1) is 32.1 Å². The highest BCUT2D eigenvalue weighted by Crippen LogP contribution is 2.50. The van der Waals surface area contributed by atoms with E-state index in [0.717, 1.165) is 142 Å². The first kappa shape index (κ1) is 106. The predicted molar refractivity (Wildman–Crippen MR) is 509 cm³/mol. The number of halogens is 1. The number of anilines is 8. The maximum atomic E-state index is 12.1. The first-order chi connectivity index (χ1) is 59.5. The number of rotatable bonds is 25. The maximum absolute atomic E-state index is 12.1. The Morgan fingerprint density at radius 3 is 0.882 bits per heavy atom. The molecule has 9 aromatic carbocycles. The summed E-state index contributed by atoms with van der Waals surface area (Å²) in [5.74, 6) is -2.74. The van der Waals surface area contributed by atoms with Crippen molar-refractivity contribution in [2.75, 3.05) is 49.1 Å². The average molecular weight is 1750 g/mol. The fraction of sp³-hybridized carbons (Fsp3) is 0.330. The van der Waals surface area contributed by atoms with Gasteiger partial charge in [0.25, 0.3) is 6.54 Å². The molecule has 9 aromatic rings. The molecule has 8 amide bonds. The van der Waals surface area contributed by atoms with Gasteiger partial charge in [-0.1, -0.05) is 148 Å². The normalized spacial score (nSPS) is 11.0. The van der Waals surface area contributed by atoms with Crippen LogP contribution < -0.4 is 42.5 Å². The lowest BCUT2D eigenvalue weighted by molar-refractivity contribution is -0.131. The van der Waals surface area contributed by atoms with E-state index in [9.17, 15) is 67.1 Å². The van der Waals surface area contributed by atoms with Crippen LogP contribution in [0.15, 0.2) is 164 Å². The van der Waals surface area contributed by atoms with E-state index in [1.807, 2.05) is 266 Å². The maximum Gasteiger partial charge on any atom is 0.304 e. The fourth-order valence-electron chi connectivity index (χ4n) is 11.9. The van der Waals surface area contributed by atoms with E-state index in [0.29, 0.717) is 33.8 Å². The second-order valence-corrected chi connectivity index (χ2v) is 33.6. The van der Waals surface area contributed by atoms with Crippen LogP contribution in [0, 0.1) is 128 Å². The van der Waals surface area contributed by atoms with E-state index >= 15 is 0 Å². The van der Waals surface area contributed by atoms with Gasteiger partial charge in [-0.3, -0.25) is 67.1 Å². The highest BCUT2D eigenvalue weighted by molar-refractivity contribution is 6.31. The van der Waals surface area contributed by atoms with Crippen molar-refractivity contribution >= 4 is 140 Å². The van der Waals surface area contributed by atoms with Gasteiger partial charge >= 0.3 is 5.91 Å². The minimum Gasteiger partial charge on any atom is -0.325 e. The number of hydrogen-bond donors (Lipinski definition) is 8. The summed E-state index contributed by atoms with van der Waals surface area (Å²) in [5.41, 5.74) is 22.5. The minimum atomic E-state index is -0.473. The SMILES string of the molecule is CC(=O)CC(=O)Nc1cc(C)c(Cl)cc1C.CC(=O)CC(=O)Nc1cc(C)ccc1C.CCC1(C(=O)CC(=O)Nc2cc(C)ccc2C)CC1.Cc1ccc(C)c(NC(=O)CC(=O)C(C)(C)C)c1.Cc1ccc(C)c(NC(=O)CC(=O)Nc2cc(C)ccc2C)c1.Cc1ccc(C)c(NC(=O)CC(=O)c2ccc(C=O)cc2)c1.[C-]#[N+]CC(=O)Nc1cc(C)ccc1C. The number of carbonyl (C=O) groups is 14. The molecule has 1 saturated carbocycles. The topological polar surface area (TPSA) is 340 Å². The van der Waals surface area contributed by atoms with Crippen LogP contribution in [0.25, 0.3) is 4.85 Å². The highest BCUT2D eigenvalue weighted by Gasteiger charge is 2.47. The third-order valence-corrected chi connectivity index (χ3v) is 20.5. The third-order valence-electron chi connectivity index (χ3n) is 20.1. The molecule has 10 rings (SSSR count). The van der Waals surface area contributed by atoms with Gasteiger partial charge in [0.1, 0.15) is 35.8 Å². The van der Waals surface area contributed by atoms with Gasteiger partial charge in [-0.2, -0.15) is 0 Å². The molecule has 670 valence electrons. The van der Waals surface area contributed by atoms with Crippen LogP contribution in [-0.2, 0) is 57.5 Å². The molecule has 8 N–H and O–H groups in total. The van der Waals surface area contributed by atoms with Gasteiger partial charge in [-0.25, -0.2) is 6.57 Å². The Bertz CT molecular complexity index is 5510. The van der Waals surface area contributed by atoms with Crippen LogP contribution in [0.5, 0.6) is 0 Å². The number of aldehydes is 1. The Kier molecular flexibility index (Phi) is 42.6. The Morgan fingerprint density at radius 1 is 0.346 bits per heavy atom. The number of amides is 8. The van der Waals surface area contributed by atoms with Crippen LogP contribution >= 0.6 is 11.6 Å². The van der Waals surface area contributed by atoms with E-state index in [2.05, 4.69) is 47.4 Å². The molecule has 23 nitrogen and oxygen atoms in total. The molecule has 0 atom stereocenters. The van der Waals surface area contributed by atoms with Crippen molar-refractivity contribution in [2.45, 2.75) is 210 Å². The van der Waals surface area contributed by atoms with Gasteiger partial charge in [0.15, 0.2) is 5.78 Å². The standard InChI is InChI=1S/C19H22N2O2.C18H17NO3.C16H21NO2.C15H21NO2.C12H14ClNO2.C12H15NO2.C11H12N2O/c1-12-5-7-14(3)16(9-12)20-18(22)11-19(23)21-17-10-13(2)6-8-15(17)4;1-12-3-4-13(2)16(9-12)19-18(22)10-17(21)15-7-5-14(11-20)6-8-15;1-4-16(7-8-16)14(18)10-15(19)17-13-9-11(2)5-6-12(13)3;1-10-6-7-11(2)12(8-10)16-14(18)9-13(17)15(3,4)5;1-7-5-11(8(2)4-10(7)13)14-12(16)6-9(3)15;1-8-4-5-9(2)11(6-8)13-12(15)7-10(3)14;1-8-4-5-9(2)10(6-8)13-11(14)7-12-3/h5-10H,11H2,1-4H3,(H,20,22)(H,21,23);3-9,11H,10H2,1-2H3,(H,19,22);5-6,9H,4,7-8,10H2,1-3H3,(H,17,19);6-8H,9H2,1-5H3,(H,16,18);4-5H,6H2,1-3H3,(H,14,16);4-6H,7H2,1-3H3,(H,13,15);4-6H,7H2,1-2H3,(H,13,14). The lowest BCUT2D eigenvalue weighted by Gasteiger charge is -2.16. The van der Waals surface area contributed by atoms with Crippen molar-refractivity contribution < 1.29 is 67.1 Å². The van der Waals surface area contributed by atoms with E-state index in [4.69, 9.17) is 18.2 Å². The van der Waals surface area contributed by atoms with Gasteiger partial charge < -0.3 is 47.4 Å². The molecule has 0 radical (unpaired) electrons. The molecule has 0 spiro atoms. The molecule has 0 aromatic heterocycles. The van der Waals surface area contributed by atoms with Gasteiger partial charge in [0, 0.05) is 72.5 Å². The van der Waals surface area contributed by atoms with Crippen molar-refractivity contribution in [1.29, 1.82) is 0 Å². The zero-order chi connectivity index (χ0) is 95.3. The van der Waals surface area contributed by atoms with Crippen molar-refractivity contribution in [2.24, 2.45) is 10.8 Å². The zero-order valence-corrected chi connectivity index (χ0v) is 78.0. The molecule has 0 saturated heterocycles. The summed E-state index contributed by atoms with van der Waals surface area (Å²) in [7, 11) is 0. The predicted octanol–water partition coefficient (Wildman–Crippen LogP) is 21.1. The Morgan fingerprint density at radius 2 is 0.614 bits per heavy atom. The third kappa shape index (κ3) is 38.7.